The quantitative estimate of drug-likeness (QED) is 0.224. The van der Waals surface area contributed by atoms with Gasteiger partial charge in [-0.05, 0) is 48.9 Å². The fourth-order valence-corrected chi connectivity index (χ4v) is 6.08. The summed E-state index contributed by atoms with van der Waals surface area (Å²) in [6, 6.07) is 8.30. The SMILES string of the molecule is CNc1nccc(-c2sc(-c3cncc(F)c3)nc2-c2cccc(NS(=O)(=O)c3c(F)cc(C)cc3F)c2F)n1. The molecule has 40 heavy (non-hydrogen) atoms. The summed E-state index contributed by atoms with van der Waals surface area (Å²) >= 11 is 1.08. The van der Waals surface area contributed by atoms with E-state index in [4.69, 9.17) is 0 Å². The Morgan fingerprint density at radius 2 is 1.70 bits per heavy atom. The molecule has 0 bridgehead atoms. The highest BCUT2D eigenvalue weighted by Gasteiger charge is 2.27. The lowest BCUT2D eigenvalue weighted by Gasteiger charge is -2.13. The Morgan fingerprint density at radius 1 is 0.950 bits per heavy atom. The molecule has 0 aliphatic heterocycles. The van der Waals surface area contributed by atoms with Gasteiger partial charge in [0.1, 0.15) is 22.5 Å². The maximum absolute atomic E-state index is 15.9. The van der Waals surface area contributed by atoms with E-state index >= 15 is 4.39 Å². The molecule has 0 aliphatic rings. The smallest absolute Gasteiger partial charge is 0.267 e. The van der Waals surface area contributed by atoms with Gasteiger partial charge < -0.3 is 5.32 Å². The van der Waals surface area contributed by atoms with Crippen LogP contribution in [-0.2, 0) is 10.0 Å². The largest absolute Gasteiger partial charge is 0.357 e. The highest BCUT2D eigenvalue weighted by molar-refractivity contribution is 7.92. The number of hydrogen-bond acceptors (Lipinski definition) is 8. The molecule has 2 aromatic carbocycles. The number of thiazole rings is 1. The Morgan fingerprint density at radius 3 is 2.40 bits per heavy atom. The summed E-state index contributed by atoms with van der Waals surface area (Å²) in [5.74, 6) is -4.03. The molecule has 0 spiro atoms. The number of benzene rings is 2. The van der Waals surface area contributed by atoms with E-state index in [-0.39, 0.29) is 27.8 Å². The number of aromatic nitrogens is 4. The molecule has 5 rings (SSSR count). The van der Waals surface area contributed by atoms with Crippen molar-refractivity contribution in [2.24, 2.45) is 0 Å². The van der Waals surface area contributed by atoms with Gasteiger partial charge in [-0.25, -0.2) is 40.9 Å². The van der Waals surface area contributed by atoms with Crippen molar-refractivity contribution in [3.05, 3.63) is 89.9 Å². The molecule has 0 fully saturated rings. The predicted molar refractivity (Wildman–Crippen MR) is 143 cm³/mol. The van der Waals surface area contributed by atoms with Crippen molar-refractivity contribution in [1.29, 1.82) is 0 Å². The Hall–Kier alpha value is -4.43. The number of nitrogens with one attached hydrogen (secondary N) is 2. The first-order chi connectivity index (χ1) is 19.1. The molecule has 0 aliphatic carbocycles. The van der Waals surface area contributed by atoms with E-state index in [1.165, 1.54) is 37.5 Å². The maximum atomic E-state index is 15.9. The molecule has 0 amide bonds. The van der Waals surface area contributed by atoms with Gasteiger partial charge in [0.2, 0.25) is 5.95 Å². The van der Waals surface area contributed by atoms with Crippen molar-refractivity contribution in [3.63, 3.8) is 0 Å². The molecule has 3 heterocycles. The molecule has 0 radical (unpaired) electrons. The Labute approximate surface area is 229 Å². The number of aryl methyl sites for hydroxylation is 1. The molecule has 204 valence electrons. The lowest BCUT2D eigenvalue weighted by molar-refractivity contribution is 0.519. The summed E-state index contributed by atoms with van der Waals surface area (Å²) in [6.45, 7) is 1.40. The average molecular weight is 587 g/mol. The van der Waals surface area contributed by atoms with Gasteiger partial charge in [-0.15, -0.1) is 11.3 Å². The van der Waals surface area contributed by atoms with E-state index < -0.39 is 43.9 Å². The second-order valence-electron chi connectivity index (χ2n) is 8.43. The molecule has 0 unspecified atom stereocenters. The molecule has 8 nitrogen and oxygen atoms in total. The highest BCUT2D eigenvalue weighted by Crippen LogP contribution is 2.42. The number of rotatable bonds is 7. The zero-order valence-corrected chi connectivity index (χ0v) is 22.3. The van der Waals surface area contributed by atoms with E-state index in [9.17, 15) is 21.6 Å². The van der Waals surface area contributed by atoms with Gasteiger partial charge in [0.05, 0.1) is 28.1 Å². The lowest BCUT2D eigenvalue weighted by atomic mass is 10.1. The van der Waals surface area contributed by atoms with Crippen molar-refractivity contribution < 1.29 is 26.0 Å². The standard InChI is InChI=1S/C26H18F4N6O2S2/c1-13-8-17(28)24(18(29)9-13)40(37,38)36-19-5-3-4-16(21(19)30)22-23(20-6-7-33-26(31-2)34-20)39-25(35-22)14-10-15(27)12-32-11-14/h3-12,36H,1-2H3,(H,31,33,34). The van der Waals surface area contributed by atoms with Gasteiger partial charge in [0, 0.05) is 30.6 Å². The minimum Gasteiger partial charge on any atom is -0.357 e. The minimum atomic E-state index is -4.86. The van der Waals surface area contributed by atoms with Crippen LogP contribution in [0.25, 0.3) is 32.4 Å². The average Bonchev–Trinajstić information content (AvgIpc) is 3.34. The third-order valence-corrected chi connectivity index (χ3v) is 8.14. The number of hydrogen-bond donors (Lipinski definition) is 2. The zero-order valence-electron chi connectivity index (χ0n) is 20.7. The van der Waals surface area contributed by atoms with E-state index in [2.05, 4.69) is 25.3 Å². The maximum Gasteiger partial charge on any atom is 0.267 e. The van der Waals surface area contributed by atoms with Crippen LogP contribution in [0.2, 0.25) is 0 Å². The second kappa shape index (κ2) is 10.6. The lowest BCUT2D eigenvalue weighted by Crippen LogP contribution is -2.17. The first-order valence-corrected chi connectivity index (χ1v) is 13.8. The fourth-order valence-electron chi connectivity index (χ4n) is 3.87. The van der Waals surface area contributed by atoms with E-state index in [1.54, 1.807) is 13.1 Å². The van der Waals surface area contributed by atoms with Gasteiger partial charge in [-0.1, -0.05) is 6.07 Å². The number of pyridine rings is 1. The van der Waals surface area contributed by atoms with Gasteiger partial charge >= 0.3 is 0 Å². The predicted octanol–water partition coefficient (Wildman–Crippen LogP) is 6.04. The van der Waals surface area contributed by atoms with Crippen LogP contribution in [0, 0.1) is 30.2 Å². The minimum absolute atomic E-state index is 0.0660. The Balaban J connectivity index is 1.65. The van der Waals surface area contributed by atoms with Gasteiger partial charge in [-0.2, -0.15) is 0 Å². The normalized spacial score (nSPS) is 11.4. The van der Waals surface area contributed by atoms with Crippen molar-refractivity contribution in [1.82, 2.24) is 19.9 Å². The van der Waals surface area contributed by atoms with Crippen LogP contribution < -0.4 is 10.0 Å². The number of sulfonamides is 1. The summed E-state index contributed by atoms with van der Waals surface area (Å²) in [5.41, 5.74) is 0.212. The molecule has 0 atom stereocenters. The molecule has 14 heteroatoms. The molecule has 5 aromatic rings. The Kier molecular flexibility index (Phi) is 7.21. The van der Waals surface area contributed by atoms with Crippen LogP contribution in [0.1, 0.15) is 5.56 Å². The van der Waals surface area contributed by atoms with Crippen LogP contribution in [0.5, 0.6) is 0 Å². The van der Waals surface area contributed by atoms with E-state index in [0.717, 1.165) is 35.7 Å². The summed E-state index contributed by atoms with van der Waals surface area (Å²) < 4.78 is 86.4. The number of nitrogens with zero attached hydrogens (tertiary/aromatic N) is 4. The molecule has 0 saturated heterocycles. The molecular weight excluding hydrogens is 568 g/mol. The monoisotopic (exact) mass is 586 g/mol. The van der Waals surface area contributed by atoms with Crippen LogP contribution in [0.3, 0.4) is 0 Å². The van der Waals surface area contributed by atoms with Crippen molar-refractivity contribution in [2.45, 2.75) is 11.8 Å². The third kappa shape index (κ3) is 5.22. The summed E-state index contributed by atoms with van der Waals surface area (Å²) in [4.78, 5) is 15.9. The fraction of sp³-hybridized carbons (Fsp3) is 0.0769. The van der Waals surface area contributed by atoms with Crippen LogP contribution in [-0.4, -0.2) is 35.4 Å². The first kappa shape index (κ1) is 27.1. The number of anilines is 2. The molecule has 3 aromatic heterocycles. The Bertz CT molecular complexity index is 1840. The summed E-state index contributed by atoms with van der Waals surface area (Å²) in [6.07, 6.45) is 3.89. The molecular formula is C26H18F4N6O2S2. The number of halogens is 4. The summed E-state index contributed by atoms with van der Waals surface area (Å²) in [7, 11) is -3.25. The van der Waals surface area contributed by atoms with Crippen molar-refractivity contribution in [2.75, 3.05) is 17.1 Å². The van der Waals surface area contributed by atoms with Gasteiger partial charge in [0.15, 0.2) is 10.7 Å². The van der Waals surface area contributed by atoms with Crippen LogP contribution in [0.4, 0.5) is 29.2 Å². The van der Waals surface area contributed by atoms with E-state index in [0.29, 0.717) is 16.1 Å². The third-order valence-electron chi connectivity index (χ3n) is 5.60. The zero-order chi connectivity index (χ0) is 28.6. The second-order valence-corrected chi connectivity index (χ2v) is 11.1. The van der Waals surface area contributed by atoms with Crippen LogP contribution >= 0.6 is 11.3 Å². The van der Waals surface area contributed by atoms with Crippen molar-refractivity contribution in [3.8, 4) is 32.4 Å². The molecule has 0 saturated carbocycles. The van der Waals surface area contributed by atoms with E-state index in [1.807, 2.05) is 4.72 Å². The topological polar surface area (TPSA) is 110 Å². The van der Waals surface area contributed by atoms with Crippen molar-refractivity contribution >= 4 is 33.0 Å². The highest BCUT2D eigenvalue weighted by atomic mass is 32.2. The van der Waals surface area contributed by atoms with Crippen LogP contribution in [0.15, 0.2) is 66.0 Å². The first-order valence-electron chi connectivity index (χ1n) is 11.5. The van der Waals surface area contributed by atoms with Gasteiger partial charge in [-0.3, -0.25) is 9.71 Å². The summed E-state index contributed by atoms with van der Waals surface area (Å²) in [5, 5.41) is 3.09. The molecule has 2 N–H and O–H groups in total. The van der Waals surface area contributed by atoms with Gasteiger partial charge in [0.25, 0.3) is 10.0 Å².